The van der Waals surface area contributed by atoms with Gasteiger partial charge in [0.05, 0.1) is 12.2 Å². The summed E-state index contributed by atoms with van der Waals surface area (Å²) in [5, 5.41) is 3.43. The minimum Gasteiger partial charge on any atom is -0.491 e. The molecule has 1 aromatic rings. The second-order valence-electron chi connectivity index (χ2n) is 5.51. The molecular formula is C16H25NO2S. The summed E-state index contributed by atoms with van der Waals surface area (Å²) >= 11 is 1.74. The molecule has 1 aliphatic heterocycles. The number of thioether (sulfide) groups is 1. The summed E-state index contributed by atoms with van der Waals surface area (Å²) in [5.41, 5.74) is 0. The Morgan fingerprint density at radius 1 is 1.25 bits per heavy atom. The van der Waals surface area contributed by atoms with E-state index in [1.165, 1.54) is 4.90 Å². The lowest BCUT2D eigenvalue weighted by Gasteiger charge is -2.16. The van der Waals surface area contributed by atoms with E-state index in [9.17, 15) is 0 Å². The van der Waals surface area contributed by atoms with Gasteiger partial charge in [0.25, 0.3) is 0 Å². The number of benzene rings is 1. The van der Waals surface area contributed by atoms with Crippen molar-refractivity contribution in [3.8, 4) is 5.75 Å². The zero-order valence-electron chi connectivity index (χ0n) is 12.6. The van der Waals surface area contributed by atoms with Gasteiger partial charge in [-0.15, -0.1) is 11.8 Å². The Hall–Kier alpha value is -0.710. The van der Waals surface area contributed by atoms with Crippen molar-refractivity contribution in [2.75, 3.05) is 19.4 Å². The summed E-state index contributed by atoms with van der Waals surface area (Å²) in [5.74, 6) is 0.926. The van der Waals surface area contributed by atoms with Crippen molar-refractivity contribution in [3.63, 3.8) is 0 Å². The van der Waals surface area contributed by atoms with E-state index in [0.29, 0.717) is 18.8 Å². The molecule has 2 unspecified atom stereocenters. The van der Waals surface area contributed by atoms with Gasteiger partial charge in [-0.2, -0.15) is 0 Å². The van der Waals surface area contributed by atoms with Gasteiger partial charge in [-0.3, -0.25) is 0 Å². The first-order chi connectivity index (χ1) is 9.67. The third-order valence-corrected chi connectivity index (χ3v) is 4.19. The Balaban J connectivity index is 1.69. The van der Waals surface area contributed by atoms with Crippen molar-refractivity contribution in [1.29, 1.82) is 0 Å². The van der Waals surface area contributed by atoms with Crippen LogP contribution in [0.25, 0.3) is 0 Å². The lowest BCUT2D eigenvalue weighted by molar-refractivity contribution is 0.0178. The Bertz CT molecular complexity index is 394. The highest BCUT2D eigenvalue weighted by atomic mass is 32.2. The molecule has 20 heavy (non-hydrogen) atoms. The van der Waals surface area contributed by atoms with Crippen molar-refractivity contribution in [2.45, 2.75) is 49.8 Å². The fourth-order valence-electron chi connectivity index (χ4n) is 2.28. The average molecular weight is 295 g/mol. The Labute approximate surface area is 126 Å². The fourth-order valence-corrected chi connectivity index (χ4v) is 2.69. The number of rotatable bonds is 7. The van der Waals surface area contributed by atoms with E-state index in [1.54, 1.807) is 11.8 Å². The van der Waals surface area contributed by atoms with Gasteiger partial charge in [0.1, 0.15) is 12.4 Å². The van der Waals surface area contributed by atoms with E-state index in [1.807, 2.05) is 12.1 Å². The molecule has 0 saturated carbocycles. The summed E-state index contributed by atoms with van der Waals surface area (Å²) in [6.07, 6.45) is 4.86. The van der Waals surface area contributed by atoms with Gasteiger partial charge in [-0.1, -0.05) is 13.8 Å². The van der Waals surface area contributed by atoms with Crippen LogP contribution in [0.5, 0.6) is 5.75 Å². The van der Waals surface area contributed by atoms with Crippen LogP contribution in [0.3, 0.4) is 0 Å². The van der Waals surface area contributed by atoms with Crippen LogP contribution >= 0.6 is 11.8 Å². The molecule has 1 heterocycles. The van der Waals surface area contributed by atoms with Crippen LogP contribution in [0.4, 0.5) is 0 Å². The second kappa shape index (κ2) is 7.91. The smallest absolute Gasteiger partial charge is 0.119 e. The number of nitrogens with one attached hydrogen (secondary N) is 1. The molecule has 1 N–H and O–H groups in total. The topological polar surface area (TPSA) is 30.5 Å². The highest BCUT2D eigenvalue weighted by Crippen LogP contribution is 2.22. The van der Waals surface area contributed by atoms with Crippen molar-refractivity contribution in [3.05, 3.63) is 24.3 Å². The van der Waals surface area contributed by atoms with Gasteiger partial charge >= 0.3 is 0 Å². The fraction of sp³-hybridized carbons (Fsp3) is 0.625. The van der Waals surface area contributed by atoms with Crippen LogP contribution in [0.2, 0.25) is 0 Å². The van der Waals surface area contributed by atoms with Crippen molar-refractivity contribution < 1.29 is 9.47 Å². The molecule has 0 aromatic heterocycles. The molecule has 112 valence electrons. The molecule has 1 aromatic carbocycles. The Morgan fingerprint density at radius 2 is 1.95 bits per heavy atom. The van der Waals surface area contributed by atoms with E-state index in [0.717, 1.165) is 25.1 Å². The first-order valence-corrected chi connectivity index (χ1v) is 8.55. The summed E-state index contributed by atoms with van der Waals surface area (Å²) < 4.78 is 11.8. The molecule has 0 bridgehead atoms. The molecule has 4 heteroatoms. The highest BCUT2D eigenvalue weighted by molar-refractivity contribution is 7.98. The molecule has 1 fully saturated rings. The van der Waals surface area contributed by atoms with Gasteiger partial charge in [-0.05, 0) is 43.4 Å². The van der Waals surface area contributed by atoms with Crippen LogP contribution in [-0.4, -0.2) is 37.7 Å². The minimum absolute atomic E-state index is 0.231. The van der Waals surface area contributed by atoms with Crippen LogP contribution in [0.15, 0.2) is 29.2 Å². The Kier molecular flexibility index (Phi) is 6.20. The molecular weight excluding hydrogens is 270 g/mol. The van der Waals surface area contributed by atoms with E-state index in [2.05, 4.69) is 37.6 Å². The van der Waals surface area contributed by atoms with Crippen LogP contribution < -0.4 is 10.1 Å². The number of ether oxygens (including phenoxy) is 2. The molecule has 1 aliphatic rings. The summed E-state index contributed by atoms with van der Waals surface area (Å²) in [6, 6.07) is 8.75. The van der Waals surface area contributed by atoms with Crippen molar-refractivity contribution in [2.24, 2.45) is 0 Å². The van der Waals surface area contributed by atoms with Crippen LogP contribution in [0, 0.1) is 0 Å². The molecule has 0 aliphatic carbocycles. The summed E-state index contributed by atoms with van der Waals surface area (Å²) in [7, 11) is 0. The standard InChI is InChI=1S/C16H25NO2S/c1-12(2)17-10-14-4-5-15(19-14)11-18-13-6-8-16(20-3)9-7-13/h6-9,12,14-15,17H,4-5,10-11H2,1-3H3. The molecule has 0 radical (unpaired) electrons. The Morgan fingerprint density at radius 3 is 2.60 bits per heavy atom. The van der Waals surface area contributed by atoms with E-state index in [-0.39, 0.29) is 6.10 Å². The van der Waals surface area contributed by atoms with Gasteiger partial charge in [-0.25, -0.2) is 0 Å². The third kappa shape index (κ3) is 5.00. The van der Waals surface area contributed by atoms with Crippen molar-refractivity contribution in [1.82, 2.24) is 5.32 Å². The molecule has 2 atom stereocenters. The van der Waals surface area contributed by atoms with Crippen molar-refractivity contribution >= 4 is 11.8 Å². The summed E-state index contributed by atoms with van der Waals surface area (Å²) in [4.78, 5) is 1.26. The SMILES string of the molecule is CSc1ccc(OCC2CCC(CNC(C)C)O2)cc1. The van der Waals surface area contributed by atoms with E-state index in [4.69, 9.17) is 9.47 Å². The van der Waals surface area contributed by atoms with Gasteiger partial charge in [0.2, 0.25) is 0 Å². The quantitative estimate of drug-likeness (QED) is 0.782. The summed E-state index contributed by atoms with van der Waals surface area (Å²) in [6.45, 7) is 5.91. The second-order valence-corrected chi connectivity index (χ2v) is 6.39. The lowest BCUT2D eigenvalue weighted by Crippen LogP contribution is -2.32. The maximum Gasteiger partial charge on any atom is 0.119 e. The lowest BCUT2D eigenvalue weighted by atomic mass is 10.2. The predicted octanol–water partition coefficient (Wildman–Crippen LogP) is 3.33. The van der Waals surface area contributed by atoms with E-state index >= 15 is 0 Å². The maximum atomic E-state index is 5.99. The van der Waals surface area contributed by atoms with Gasteiger partial charge < -0.3 is 14.8 Å². The highest BCUT2D eigenvalue weighted by Gasteiger charge is 2.25. The normalized spacial score (nSPS) is 22.4. The maximum absolute atomic E-state index is 5.99. The largest absolute Gasteiger partial charge is 0.491 e. The van der Waals surface area contributed by atoms with Gasteiger partial charge in [0, 0.05) is 17.5 Å². The van der Waals surface area contributed by atoms with Crippen LogP contribution in [-0.2, 0) is 4.74 Å². The first kappa shape index (κ1) is 15.7. The third-order valence-electron chi connectivity index (χ3n) is 3.44. The number of hydrogen-bond acceptors (Lipinski definition) is 4. The monoisotopic (exact) mass is 295 g/mol. The number of hydrogen-bond donors (Lipinski definition) is 1. The molecule has 0 spiro atoms. The van der Waals surface area contributed by atoms with Crippen LogP contribution in [0.1, 0.15) is 26.7 Å². The van der Waals surface area contributed by atoms with Gasteiger partial charge in [0.15, 0.2) is 0 Å². The molecule has 2 rings (SSSR count). The zero-order chi connectivity index (χ0) is 14.4. The molecule has 1 saturated heterocycles. The first-order valence-electron chi connectivity index (χ1n) is 7.33. The average Bonchev–Trinajstić information content (AvgIpc) is 2.91. The predicted molar refractivity (Wildman–Crippen MR) is 84.8 cm³/mol. The minimum atomic E-state index is 0.231. The zero-order valence-corrected chi connectivity index (χ0v) is 13.4. The van der Waals surface area contributed by atoms with E-state index < -0.39 is 0 Å². The molecule has 0 amide bonds. The molecule has 3 nitrogen and oxygen atoms in total.